The summed E-state index contributed by atoms with van der Waals surface area (Å²) in [6.45, 7) is 0. The van der Waals surface area contributed by atoms with Gasteiger partial charge in [-0.05, 0) is 11.6 Å². The van der Waals surface area contributed by atoms with Crippen LogP contribution < -0.4 is 5.32 Å². The first-order valence-electron chi connectivity index (χ1n) is 3.51. The van der Waals surface area contributed by atoms with Gasteiger partial charge in [-0.1, -0.05) is 22.0 Å². The van der Waals surface area contributed by atoms with Crippen LogP contribution in [-0.2, 0) is 5.33 Å². The minimum absolute atomic E-state index is 0.156. The molecule has 0 aromatic carbocycles. The number of carbonyl (C=O) groups is 1. The number of hydrogen-bond donors (Lipinski definition) is 1. The quantitative estimate of drug-likeness (QED) is 0.777. The molecule has 0 aliphatic rings. The van der Waals surface area contributed by atoms with Crippen LogP contribution in [0.1, 0.15) is 16.1 Å². The van der Waals surface area contributed by atoms with E-state index in [1.165, 1.54) is 0 Å². The molecule has 0 saturated heterocycles. The van der Waals surface area contributed by atoms with Crippen molar-refractivity contribution < 1.29 is 4.79 Å². The molecule has 0 unspecified atom stereocenters. The summed E-state index contributed by atoms with van der Waals surface area (Å²) in [5.74, 6) is -0.156. The second-order valence-corrected chi connectivity index (χ2v) is 2.83. The van der Waals surface area contributed by atoms with Gasteiger partial charge in [0, 0.05) is 18.6 Å². The Kier molecular flexibility index (Phi) is 3.22. The topological polar surface area (TPSA) is 42.0 Å². The van der Waals surface area contributed by atoms with Gasteiger partial charge in [0.05, 0.1) is 0 Å². The van der Waals surface area contributed by atoms with Crippen LogP contribution in [0.15, 0.2) is 18.3 Å². The number of aromatic nitrogens is 1. The van der Waals surface area contributed by atoms with E-state index < -0.39 is 0 Å². The molecule has 4 heteroatoms. The predicted molar refractivity (Wildman–Crippen MR) is 50.3 cm³/mol. The van der Waals surface area contributed by atoms with E-state index in [2.05, 4.69) is 26.2 Å². The third-order valence-electron chi connectivity index (χ3n) is 1.44. The number of rotatable bonds is 2. The Morgan fingerprint density at radius 3 is 2.83 bits per heavy atom. The standard InChI is InChI=1S/C8H9BrN2O/c1-10-8(12)7-3-2-6(4-9)5-11-7/h2-3,5H,4H2,1H3,(H,10,12). The number of nitrogens with one attached hydrogen (secondary N) is 1. The number of nitrogens with zero attached hydrogens (tertiary/aromatic N) is 1. The Balaban J connectivity index is 2.84. The fourth-order valence-corrected chi connectivity index (χ4v) is 1.10. The van der Waals surface area contributed by atoms with Crippen molar-refractivity contribution in [3.63, 3.8) is 0 Å². The van der Waals surface area contributed by atoms with Crippen LogP contribution in [0, 0.1) is 0 Å². The first kappa shape index (κ1) is 9.19. The zero-order valence-electron chi connectivity index (χ0n) is 6.67. The lowest BCUT2D eigenvalue weighted by Crippen LogP contribution is -2.18. The Morgan fingerprint density at radius 1 is 1.67 bits per heavy atom. The molecule has 0 bridgehead atoms. The highest BCUT2D eigenvalue weighted by Crippen LogP contribution is 2.04. The van der Waals surface area contributed by atoms with Crippen molar-refractivity contribution in [2.45, 2.75) is 5.33 Å². The SMILES string of the molecule is CNC(=O)c1ccc(CBr)cn1. The lowest BCUT2D eigenvalue weighted by molar-refractivity contribution is 0.0958. The van der Waals surface area contributed by atoms with Crippen molar-refractivity contribution in [2.24, 2.45) is 0 Å². The van der Waals surface area contributed by atoms with Crippen LogP contribution in [0.2, 0.25) is 0 Å². The summed E-state index contributed by atoms with van der Waals surface area (Å²) in [6.07, 6.45) is 1.68. The van der Waals surface area contributed by atoms with Gasteiger partial charge in [0.1, 0.15) is 5.69 Å². The zero-order valence-corrected chi connectivity index (χ0v) is 8.26. The van der Waals surface area contributed by atoms with Gasteiger partial charge in [-0.3, -0.25) is 9.78 Å². The van der Waals surface area contributed by atoms with Gasteiger partial charge in [-0.25, -0.2) is 0 Å². The molecule has 3 nitrogen and oxygen atoms in total. The Hall–Kier alpha value is -0.900. The maximum Gasteiger partial charge on any atom is 0.269 e. The van der Waals surface area contributed by atoms with Crippen LogP contribution in [0.25, 0.3) is 0 Å². The third-order valence-corrected chi connectivity index (χ3v) is 2.09. The highest BCUT2D eigenvalue weighted by atomic mass is 79.9. The Morgan fingerprint density at radius 2 is 2.42 bits per heavy atom. The van der Waals surface area contributed by atoms with Gasteiger partial charge in [0.25, 0.3) is 5.91 Å². The van der Waals surface area contributed by atoms with Gasteiger partial charge in [-0.15, -0.1) is 0 Å². The zero-order chi connectivity index (χ0) is 8.97. The fourth-order valence-electron chi connectivity index (χ4n) is 0.766. The molecule has 0 fully saturated rings. The van der Waals surface area contributed by atoms with E-state index in [0.717, 1.165) is 10.9 Å². The van der Waals surface area contributed by atoms with Crippen molar-refractivity contribution >= 4 is 21.8 Å². The maximum atomic E-state index is 11.0. The summed E-state index contributed by atoms with van der Waals surface area (Å²) in [4.78, 5) is 15.0. The van der Waals surface area contributed by atoms with Crippen LogP contribution >= 0.6 is 15.9 Å². The fraction of sp³-hybridized carbons (Fsp3) is 0.250. The molecule has 64 valence electrons. The van der Waals surface area contributed by atoms with Crippen molar-refractivity contribution in [3.05, 3.63) is 29.6 Å². The molecular formula is C8H9BrN2O. The molecule has 1 amide bonds. The summed E-state index contributed by atoms with van der Waals surface area (Å²) in [5, 5.41) is 3.26. The summed E-state index contributed by atoms with van der Waals surface area (Å²) < 4.78 is 0. The molecule has 1 aromatic heterocycles. The highest BCUT2D eigenvalue weighted by Gasteiger charge is 2.02. The molecule has 1 rings (SSSR count). The molecule has 12 heavy (non-hydrogen) atoms. The van der Waals surface area contributed by atoms with Crippen LogP contribution in [0.3, 0.4) is 0 Å². The summed E-state index contributed by atoms with van der Waals surface area (Å²) in [7, 11) is 1.59. The molecule has 0 radical (unpaired) electrons. The molecule has 0 spiro atoms. The van der Waals surface area contributed by atoms with E-state index in [0.29, 0.717) is 5.69 Å². The minimum Gasteiger partial charge on any atom is -0.354 e. The Bertz CT molecular complexity index is 271. The molecular weight excluding hydrogens is 220 g/mol. The smallest absolute Gasteiger partial charge is 0.269 e. The third kappa shape index (κ3) is 2.04. The molecule has 1 N–H and O–H groups in total. The molecule has 0 aliphatic heterocycles. The van der Waals surface area contributed by atoms with Crippen molar-refractivity contribution in [3.8, 4) is 0 Å². The molecule has 1 aromatic rings. The largest absolute Gasteiger partial charge is 0.354 e. The van der Waals surface area contributed by atoms with E-state index in [4.69, 9.17) is 0 Å². The van der Waals surface area contributed by atoms with Crippen LogP contribution in [0.5, 0.6) is 0 Å². The van der Waals surface area contributed by atoms with Gasteiger partial charge in [0.2, 0.25) is 0 Å². The molecule has 1 heterocycles. The van der Waals surface area contributed by atoms with Gasteiger partial charge in [-0.2, -0.15) is 0 Å². The Labute approximate surface area is 79.3 Å². The van der Waals surface area contributed by atoms with Gasteiger partial charge in [0.15, 0.2) is 0 Å². The monoisotopic (exact) mass is 228 g/mol. The number of pyridine rings is 1. The van der Waals surface area contributed by atoms with Crippen molar-refractivity contribution in [2.75, 3.05) is 7.05 Å². The number of carbonyl (C=O) groups excluding carboxylic acids is 1. The lowest BCUT2D eigenvalue weighted by atomic mass is 10.3. The average Bonchev–Trinajstić information content (AvgIpc) is 2.17. The minimum atomic E-state index is -0.156. The van der Waals surface area contributed by atoms with E-state index in [9.17, 15) is 4.79 Å². The highest BCUT2D eigenvalue weighted by molar-refractivity contribution is 9.08. The second-order valence-electron chi connectivity index (χ2n) is 2.26. The summed E-state index contributed by atoms with van der Waals surface area (Å²) in [6, 6.07) is 3.57. The van der Waals surface area contributed by atoms with E-state index in [1.54, 1.807) is 19.3 Å². The number of hydrogen-bond acceptors (Lipinski definition) is 2. The second kappa shape index (κ2) is 4.21. The predicted octanol–water partition coefficient (Wildman–Crippen LogP) is 1.34. The number of halogens is 1. The molecule has 0 atom stereocenters. The average molecular weight is 229 g/mol. The van der Waals surface area contributed by atoms with E-state index in [1.807, 2.05) is 6.07 Å². The first-order valence-corrected chi connectivity index (χ1v) is 4.63. The first-order chi connectivity index (χ1) is 5.77. The number of alkyl halides is 1. The molecule has 0 saturated carbocycles. The summed E-state index contributed by atoms with van der Waals surface area (Å²) in [5.41, 5.74) is 1.50. The van der Waals surface area contributed by atoms with Crippen LogP contribution in [-0.4, -0.2) is 17.9 Å². The van der Waals surface area contributed by atoms with Gasteiger partial charge >= 0.3 is 0 Å². The van der Waals surface area contributed by atoms with Crippen molar-refractivity contribution in [1.82, 2.24) is 10.3 Å². The maximum absolute atomic E-state index is 11.0. The van der Waals surface area contributed by atoms with E-state index in [-0.39, 0.29) is 5.91 Å². The van der Waals surface area contributed by atoms with E-state index >= 15 is 0 Å². The van der Waals surface area contributed by atoms with Crippen molar-refractivity contribution in [1.29, 1.82) is 0 Å². The number of amides is 1. The summed E-state index contributed by atoms with van der Waals surface area (Å²) >= 11 is 3.30. The van der Waals surface area contributed by atoms with Crippen LogP contribution in [0.4, 0.5) is 0 Å². The lowest BCUT2D eigenvalue weighted by Gasteiger charge is -1.98. The van der Waals surface area contributed by atoms with Gasteiger partial charge < -0.3 is 5.32 Å². The molecule has 0 aliphatic carbocycles. The normalized spacial score (nSPS) is 9.50.